The van der Waals surface area contributed by atoms with Crippen LogP contribution in [0.4, 0.5) is 0 Å². The molecule has 0 spiro atoms. The fourth-order valence-corrected chi connectivity index (χ4v) is 4.02. The number of hydrogen-bond donors (Lipinski definition) is 0. The topological polar surface area (TPSA) is 44.8 Å². The van der Waals surface area contributed by atoms with Gasteiger partial charge in [-0.1, -0.05) is 85.0 Å². The number of esters is 1. The second-order valence-corrected chi connectivity index (χ2v) is 10.00. The highest BCUT2D eigenvalue weighted by Crippen LogP contribution is 2.20. The predicted molar refractivity (Wildman–Crippen MR) is 154 cm³/mol. The van der Waals surface area contributed by atoms with E-state index in [1.807, 2.05) is 12.1 Å². The van der Waals surface area contributed by atoms with Gasteiger partial charge >= 0.3 is 5.97 Å². The van der Waals surface area contributed by atoms with Crippen LogP contribution in [0.15, 0.2) is 60.9 Å². The van der Waals surface area contributed by atoms with Gasteiger partial charge in [-0.05, 0) is 79.8 Å². The Bertz CT molecular complexity index is 870. The maximum atomic E-state index is 12.5. The van der Waals surface area contributed by atoms with Gasteiger partial charge in [0, 0.05) is 0 Å². The molecule has 4 nitrogen and oxygen atoms in total. The van der Waals surface area contributed by atoms with Gasteiger partial charge in [0.1, 0.15) is 17.2 Å². The maximum absolute atomic E-state index is 12.5. The van der Waals surface area contributed by atoms with Crippen molar-refractivity contribution in [1.29, 1.82) is 0 Å². The first kappa shape index (κ1) is 30.5. The quantitative estimate of drug-likeness (QED) is 0.0772. The van der Waals surface area contributed by atoms with Crippen LogP contribution < -0.4 is 14.2 Å². The molecule has 0 aromatic heterocycles. The Labute approximate surface area is 225 Å². The van der Waals surface area contributed by atoms with Crippen molar-refractivity contribution in [3.63, 3.8) is 0 Å². The minimum Gasteiger partial charge on any atom is -0.494 e. The van der Waals surface area contributed by atoms with Crippen LogP contribution in [0.2, 0.25) is 0 Å². The Hall–Kier alpha value is -2.75. The number of ether oxygens (including phenoxy) is 3. The average Bonchev–Trinajstić information content (AvgIpc) is 2.92. The van der Waals surface area contributed by atoms with E-state index in [0.717, 1.165) is 24.5 Å². The van der Waals surface area contributed by atoms with E-state index in [1.54, 1.807) is 42.7 Å². The van der Waals surface area contributed by atoms with Crippen LogP contribution in [0, 0.1) is 5.92 Å². The van der Waals surface area contributed by atoms with Crippen molar-refractivity contribution < 1.29 is 19.0 Å². The second kappa shape index (κ2) is 19.4. The van der Waals surface area contributed by atoms with E-state index in [9.17, 15) is 4.79 Å². The molecule has 0 aliphatic carbocycles. The normalized spacial score (nSPS) is 12.0. The van der Waals surface area contributed by atoms with Crippen LogP contribution in [0.3, 0.4) is 0 Å². The van der Waals surface area contributed by atoms with E-state index in [4.69, 9.17) is 14.2 Å². The van der Waals surface area contributed by atoms with Crippen molar-refractivity contribution in [2.45, 2.75) is 104 Å². The summed E-state index contributed by atoms with van der Waals surface area (Å²) in [7, 11) is 0. The van der Waals surface area contributed by atoms with E-state index < -0.39 is 5.97 Å². The minimum absolute atomic E-state index is 0.393. The lowest BCUT2D eigenvalue weighted by atomic mass is 10.0. The van der Waals surface area contributed by atoms with E-state index in [-0.39, 0.29) is 0 Å². The van der Waals surface area contributed by atoms with Gasteiger partial charge < -0.3 is 14.2 Å². The average molecular weight is 509 g/mol. The molecule has 2 rings (SSSR count). The smallest absolute Gasteiger partial charge is 0.343 e. The zero-order valence-electron chi connectivity index (χ0n) is 23.4. The molecule has 0 bridgehead atoms. The highest BCUT2D eigenvalue weighted by Gasteiger charge is 2.09. The van der Waals surface area contributed by atoms with Crippen LogP contribution in [-0.4, -0.2) is 12.6 Å². The van der Waals surface area contributed by atoms with E-state index in [2.05, 4.69) is 26.8 Å². The van der Waals surface area contributed by atoms with E-state index in [0.29, 0.717) is 23.7 Å². The molecule has 2 aromatic rings. The molecule has 2 aromatic carbocycles. The summed E-state index contributed by atoms with van der Waals surface area (Å²) in [5, 5.41) is 0. The van der Waals surface area contributed by atoms with Gasteiger partial charge in [0.15, 0.2) is 0 Å². The Kier molecular flexibility index (Phi) is 16.0. The van der Waals surface area contributed by atoms with Crippen LogP contribution in [0.1, 0.15) is 115 Å². The molecule has 204 valence electrons. The molecule has 0 saturated carbocycles. The van der Waals surface area contributed by atoms with Crippen molar-refractivity contribution in [3.8, 4) is 17.2 Å². The third kappa shape index (κ3) is 13.9. The van der Waals surface area contributed by atoms with Crippen molar-refractivity contribution in [3.05, 3.63) is 66.4 Å². The standard InChI is InChI=1S/C33H48O4/c1-4-6-7-8-9-10-11-12-15-26-35-30-20-18-29(19-21-30)33(34)37-32-24-22-31(23-25-32)36-27-16-13-14-17-28(3)5-2/h15,18-26,28H,4-14,16-17,27H2,1-3H3. The van der Waals surface area contributed by atoms with Crippen molar-refractivity contribution in [2.75, 3.05) is 6.61 Å². The summed E-state index contributed by atoms with van der Waals surface area (Å²) in [4.78, 5) is 12.5. The lowest BCUT2D eigenvalue weighted by Gasteiger charge is -2.09. The number of unbranched alkanes of at least 4 members (excludes halogenated alkanes) is 9. The molecule has 4 heteroatoms. The fraction of sp³-hybridized carbons (Fsp3) is 0.545. The van der Waals surface area contributed by atoms with Gasteiger partial charge in [-0.15, -0.1) is 0 Å². The van der Waals surface area contributed by atoms with Gasteiger partial charge in [-0.2, -0.15) is 0 Å². The van der Waals surface area contributed by atoms with E-state index in [1.165, 1.54) is 70.6 Å². The molecule has 0 aliphatic rings. The molecule has 0 aliphatic heterocycles. The monoisotopic (exact) mass is 508 g/mol. The summed E-state index contributed by atoms with van der Waals surface area (Å²) in [5.41, 5.74) is 0.483. The first-order valence-corrected chi connectivity index (χ1v) is 14.5. The highest BCUT2D eigenvalue weighted by molar-refractivity contribution is 5.91. The molecule has 0 amide bonds. The van der Waals surface area contributed by atoms with Crippen LogP contribution >= 0.6 is 0 Å². The minimum atomic E-state index is -0.393. The summed E-state index contributed by atoms with van der Waals surface area (Å²) in [6.45, 7) is 7.52. The largest absolute Gasteiger partial charge is 0.494 e. The number of rotatable bonds is 20. The molecule has 0 radical (unpaired) electrons. The first-order chi connectivity index (χ1) is 18.1. The van der Waals surface area contributed by atoms with Crippen molar-refractivity contribution in [2.24, 2.45) is 5.92 Å². The molecular weight excluding hydrogens is 460 g/mol. The molecule has 37 heavy (non-hydrogen) atoms. The number of carbonyl (C=O) groups is 1. The third-order valence-electron chi connectivity index (χ3n) is 6.71. The van der Waals surface area contributed by atoms with Crippen LogP contribution in [0.25, 0.3) is 0 Å². The molecule has 0 saturated heterocycles. The Morgan fingerprint density at radius 1 is 0.757 bits per heavy atom. The number of carbonyl (C=O) groups excluding carboxylic acids is 1. The zero-order valence-corrected chi connectivity index (χ0v) is 23.4. The van der Waals surface area contributed by atoms with Crippen LogP contribution in [-0.2, 0) is 0 Å². The van der Waals surface area contributed by atoms with Crippen molar-refractivity contribution in [1.82, 2.24) is 0 Å². The number of benzene rings is 2. The lowest BCUT2D eigenvalue weighted by Crippen LogP contribution is -2.08. The number of hydrogen-bond acceptors (Lipinski definition) is 4. The van der Waals surface area contributed by atoms with Gasteiger partial charge in [-0.3, -0.25) is 0 Å². The first-order valence-electron chi connectivity index (χ1n) is 14.5. The lowest BCUT2D eigenvalue weighted by molar-refractivity contribution is 0.0734. The van der Waals surface area contributed by atoms with Gasteiger partial charge in [-0.25, -0.2) is 4.79 Å². The van der Waals surface area contributed by atoms with Crippen molar-refractivity contribution >= 4 is 5.97 Å². The molecule has 1 unspecified atom stereocenters. The molecule has 0 fully saturated rings. The zero-order chi connectivity index (χ0) is 26.6. The molecule has 1 atom stereocenters. The number of allylic oxidation sites excluding steroid dienone is 1. The summed E-state index contributed by atoms with van der Waals surface area (Å²) in [6, 6.07) is 14.2. The van der Waals surface area contributed by atoms with Gasteiger partial charge in [0.2, 0.25) is 0 Å². The third-order valence-corrected chi connectivity index (χ3v) is 6.71. The molecular formula is C33H48O4. The summed E-state index contributed by atoms with van der Waals surface area (Å²) >= 11 is 0. The summed E-state index contributed by atoms with van der Waals surface area (Å²) in [6.07, 6.45) is 20.0. The molecule has 0 N–H and O–H groups in total. The summed E-state index contributed by atoms with van der Waals surface area (Å²) in [5.74, 6) is 2.42. The Morgan fingerprint density at radius 3 is 2.08 bits per heavy atom. The summed E-state index contributed by atoms with van der Waals surface area (Å²) < 4.78 is 17.0. The van der Waals surface area contributed by atoms with Gasteiger partial charge in [0.05, 0.1) is 18.4 Å². The predicted octanol–water partition coefficient (Wildman–Crippen LogP) is 9.92. The second-order valence-electron chi connectivity index (χ2n) is 10.00. The SMILES string of the molecule is CCCCCCCCCC=COc1ccc(C(=O)Oc2ccc(OCCCCCC(C)CC)cc2)cc1. The fourth-order valence-electron chi connectivity index (χ4n) is 4.02. The van der Waals surface area contributed by atoms with E-state index >= 15 is 0 Å². The Morgan fingerprint density at radius 2 is 1.38 bits per heavy atom. The highest BCUT2D eigenvalue weighted by atomic mass is 16.5. The van der Waals surface area contributed by atoms with Crippen LogP contribution in [0.5, 0.6) is 17.2 Å². The maximum Gasteiger partial charge on any atom is 0.343 e. The van der Waals surface area contributed by atoms with Gasteiger partial charge in [0.25, 0.3) is 0 Å². The Balaban J connectivity index is 1.62. The molecule has 0 heterocycles.